The maximum atomic E-state index is 5.32. The van der Waals surface area contributed by atoms with Crippen molar-refractivity contribution in [3.05, 3.63) is 29.8 Å². The first-order valence-corrected chi connectivity index (χ1v) is 6.23. The van der Waals surface area contributed by atoms with Gasteiger partial charge < -0.3 is 10.1 Å². The van der Waals surface area contributed by atoms with Crippen LogP contribution in [0.2, 0.25) is 0 Å². The summed E-state index contributed by atoms with van der Waals surface area (Å²) in [6.45, 7) is 2.04. The minimum atomic E-state index is 0.913. The van der Waals surface area contributed by atoms with Crippen molar-refractivity contribution in [2.45, 2.75) is 32.2 Å². The zero-order chi connectivity index (χ0) is 11.2. The molecule has 1 aromatic carbocycles. The molecule has 0 aliphatic heterocycles. The van der Waals surface area contributed by atoms with Gasteiger partial charge in [0.2, 0.25) is 0 Å². The molecule has 88 valence electrons. The number of benzene rings is 1. The van der Waals surface area contributed by atoms with Crippen LogP contribution in [0.4, 0.5) is 0 Å². The van der Waals surface area contributed by atoms with Crippen molar-refractivity contribution in [1.82, 2.24) is 5.32 Å². The zero-order valence-corrected chi connectivity index (χ0v) is 10.0. The highest BCUT2D eigenvalue weighted by molar-refractivity contribution is 5.32. The van der Waals surface area contributed by atoms with Gasteiger partial charge in [0.25, 0.3) is 0 Å². The molecule has 1 saturated carbocycles. The molecule has 0 spiro atoms. The molecule has 0 saturated heterocycles. The molecule has 0 unspecified atom stereocenters. The molecule has 0 bridgehead atoms. The van der Waals surface area contributed by atoms with E-state index in [0.717, 1.165) is 24.8 Å². The van der Waals surface area contributed by atoms with E-state index in [1.807, 2.05) is 12.1 Å². The average molecular weight is 219 g/mol. The fourth-order valence-corrected chi connectivity index (χ4v) is 2.16. The van der Waals surface area contributed by atoms with Gasteiger partial charge in [0, 0.05) is 12.1 Å². The van der Waals surface area contributed by atoms with E-state index >= 15 is 0 Å². The number of rotatable bonds is 6. The van der Waals surface area contributed by atoms with Crippen LogP contribution in [-0.2, 0) is 6.54 Å². The van der Waals surface area contributed by atoms with Crippen molar-refractivity contribution in [2.75, 3.05) is 13.7 Å². The normalized spacial score (nSPS) is 15.8. The van der Waals surface area contributed by atoms with Crippen molar-refractivity contribution in [3.8, 4) is 5.75 Å². The van der Waals surface area contributed by atoms with E-state index in [1.165, 1.54) is 31.2 Å². The van der Waals surface area contributed by atoms with E-state index in [-0.39, 0.29) is 0 Å². The fourth-order valence-electron chi connectivity index (χ4n) is 2.16. The molecular formula is C14H21NO. The van der Waals surface area contributed by atoms with Crippen molar-refractivity contribution in [3.63, 3.8) is 0 Å². The van der Waals surface area contributed by atoms with Crippen LogP contribution < -0.4 is 10.1 Å². The van der Waals surface area contributed by atoms with Gasteiger partial charge in [-0.05, 0) is 24.9 Å². The molecule has 0 heterocycles. The third kappa shape index (κ3) is 2.99. The van der Waals surface area contributed by atoms with Crippen molar-refractivity contribution < 1.29 is 4.74 Å². The second-order valence-electron chi connectivity index (χ2n) is 4.57. The van der Waals surface area contributed by atoms with Crippen LogP contribution in [0.25, 0.3) is 0 Å². The monoisotopic (exact) mass is 219 g/mol. The maximum absolute atomic E-state index is 5.32. The first-order chi connectivity index (χ1) is 7.90. The number of para-hydroxylation sites is 1. The Balaban J connectivity index is 1.71. The lowest BCUT2D eigenvalue weighted by atomic mass is 9.83. The van der Waals surface area contributed by atoms with Crippen molar-refractivity contribution in [2.24, 2.45) is 5.92 Å². The topological polar surface area (TPSA) is 21.3 Å². The van der Waals surface area contributed by atoms with Gasteiger partial charge >= 0.3 is 0 Å². The molecule has 2 rings (SSSR count). The second-order valence-corrected chi connectivity index (χ2v) is 4.57. The number of hydrogen-bond donors (Lipinski definition) is 1. The number of methoxy groups -OCH3 is 1. The summed E-state index contributed by atoms with van der Waals surface area (Å²) in [6, 6.07) is 8.21. The highest BCUT2D eigenvalue weighted by Crippen LogP contribution is 2.28. The van der Waals surface area contributed by atoms with Gasteiger partial charge in [-0.2, -0.15) is 0 Å². The predicted octanol–water partition coefficient (Wildman–Crippen LogP) is 2.98. The molecule has 1 aliphatic carbocycles. The number of hydrogen-bond acceptors (Lipinski definition) is 2. The molecule has 2 nitrogen and oxygen atoms in total. The average Bonchev–Trinajstić information content (AvgIpc) is 2.27. The third-order valence-electron chi connectivity index (χ3n) is 3.46. The van der Waals surface area contributed by atoms with Gasteiger partial charge in [0.15, 0.2) is 0 Å². The van der Waals surface area contributed by atoms with Gasteiger partial charge in [-0.15, -0.1) is 0 Å². The summed E-state index contributed by atoms with van der Waals surface area (Å²) in [5.41, 5.74) is 1.25. The van der Waals surface area contributed by atoms with Gasteiger partial charge in [-0.1, -0.05) is 37.5 Å². The van der Waals surface area contributed by atoms with E-state index < -0.39 is 0 Å². The van der Waals surface area contributed by atoms with Crippen LogP contribution >= 0.6 is 0 Å². The molecule has 0 atom stereocenters. The van der Waals surface area contributed by atoms with Gasteiger partial charge in [0.1, 0.15) is 5.75 Å². The molecule has 0 aromatic heterocycles. The van der Waals surface area contributed by atoms with Crippen LogP contribution in [-0.4, -0.2) is 13.7 Å². The lowest BCUT2D eigenvalue weighted by Crippen LogP contribution is -2.21. The summed E-state index contributed by atoms with van der Waals surface area (Å²) in [4.78, 5) is 0. The van der Waals surface area contributed by atoms with Gasteiger partial charge in [-0.3, -0.25) is 0 Å². The molecule has 1 aliphatic rings. The Morgan fingerprint density at radius 3 is 2.81 bits per heavy atom. The summed E-state index contributed by atoms with van der Waals surface area (Å²) in [6.07, 6.45) is 5.65. The Bertz CT molecular complexity index is 320. The van der Waals surface area contributed by atoms with E-state index in [9.17, 15) is 0 Å². The van der Waals surface area contributed by atoms with Gasteiger partial charge in [-0.25, -0.2) is 0 Å². The minimum Gasteiger partial charge on any atom is -0.496 e. The Morgan fingerprint density at radius 1 is 1.31 bits per heavy atom. The Morgan fingerprint density at radius 2 is 2.12 bits per heavy atom. The maximum Gasteiger partial charge on any atom is 0.123 e. The van der Waals surface area contributed by atoms with E-state index in [0.29, 0.717) is 0 Å². The summed E-state index contributed by atoms with van der Waals surface area (Å²) >= 11 is 0. The first kappa shape index (κ1) is 11.5. The van der Waals surface area contributed by atoms with Crippen LogP contribution in [0.1, 0.15) is 31.2 Å². The second kappa shape index (κ2) is 5.90. The quantitative estimate of drug-likeness (QED) is 0.743. The lowest BCUT2D eigenvalue weighted by Gasteiger charge is -2.25. The summed E-state index contributed by atoms with van der Waals surface area (Å²) in [7, 11) is 1.73. The third-order valence-corrected chi connectivity index (χ3v) is 3.46. The molecule has 2 heteroatoms. The Labute approximate surface area is 98.0 Å². The highest BCUT2D eigenvalue weighted by atomic mass is 16.5. The molecule has 0 radical (unpaired) electrons. The molecular weight excluding hydrogens is 198 g/mol. The highest BCUT2D eigenvalue weighted by Gasteiger charge is 2.16. The fraction of sp³-hybridized carbons (Fsp3) is 0.571. The largest absolute Gasteiger partial charge is 0.496 e. The number of ether oxygens (including phenoxy) is 1. The molecule has 1 fully saturated rings. The minimum absolute atomic E-state index is 0.913. The van der Waals surface area contributed by atoms with Crippen molar-refractivity contribution >= 4 is 0 Å². The lowest BCUT2D eigenvalue weighted by molar-refractivity contribution is 0.292. The first-order valence-electron chi connectivity index (χ1n) is 6.23. The SMILES string of the molecule is COc1ccccc1CNCCC1CCC1. The predicted molar refractivity (Wildman–Crippen MR) is 66.7 cm³/mol. The zero-order valence-electron chi connectivity index (χ0n) is 10.0. The van der Waals surface area contributed by atoms with Crippen LogP contribution in [0, 0.1) is 5.92 Å². The smallest absolute Gasteiger partial charge is 0.123 e. The van der Waals surface area contributed by atoms with Gasteiger partial charge in [0.05, 0.1) is 7.11 Å². The summed E-state index contributed by atoms with van der Waals surface area (Å²) in [5.74, 6) is 1.98. The molecule has 1 aromatic rings. The van der Waals surface area contributed by atoms with E-state index in [4.69, 9.17) is 4.74 Å². The van der Waals surface area contributed by atoms with E-state index in [2.05, 4.69) is 17.4 Å². The summed E-state index contributed by atoms with van der Waals surface area (Å²) < 4.78 is 5.32. The number of nitrogens with one attached hydrogen (secondary N) is 1. The summed E-state index contributed by atoms with van der Waals surface area (Å²) in [5, 5.41) is 3.50. The van der Waals surface area contributed by atoms with E-state index in [1.54, 1.807) is 7.11 Å². The van der Waals surface area contributed by atoms with Crippen LogP contribution in [0.15, 0.2) is 24.3 Å². The van der Waals surface area contributed by atoms with Crippen molar-refractivity contribution in [1.29, 1.82) is 0 Å². The molecule has 16 heavy (non-hydrogen) atoms. The standard InChI is InChI=1S/C14H21NO/c1-16-14-8-3-2-7-13(14)11-15-10-9-12-5-4-6-12/h2-3,7-8,12,15H,4-6,9-11H2,1H3. The molecule has 1 N–H and O–H groups in total. The van der Waals surface area contributed by atoms with Crippen LogP contribution in [0.3, 0.4) is 0 Å². The molecule has 0 amide bonds. The Kier molecular flexibility index (Phi) is 4.23. The van der Waals surface area contributed by atoms with Crippen LogP contribution in [0.5, 0.6) is 5.75 Å². The Hall–Kier alpha value is -1.02.